The van der Waals surface area contributed by atoms with Gasteiger partial charge in [0.2, 0.25) is 0 Å². The van der Waals surface area contributed by atoms with Crippen LogP contribution in [0.2, 0.25) is 0 Å². The lowest BCUT2D eigenvalue weighted by Gasteiger charge is -2.06. The van der Waals surface area contributed by atoms with Crippen LogP contribution in [0.4, 0.5) is 0 Å². The molecule has 2 N–H and O–H groups in total. The zero-order valence-corrected chi connectivity index (χ0v) is 8.98. The molecule has 16 heavy (non-hydrogen) atoms. The van der Waals surface area contributed by atoms with Crippen molar-refractivity contribution >= 4 is 0 Å². The fraction of sp³-hybridized carbons (Fsp3) is 0.182. The quantitative estimate of drug-likeness (QED) is 0.751. The van der Waals surface area contributed by atoms with E-state index in [9.17, 15) is 9.90 Å². The van der Waals surface area contributed by atoms with Crippen molar-refractivity contribution < 1.29 is 5.11 Å². The maximum absolute atomic E-state index is 11.1. The van der Waals surface area contributed by atoms with E-state index in [4.69, 9.17) is 0 Å². The fourth-order valence-corrected chi connectivity index (χ4v) is 1.56. The maximum atomic E-state index is 11.1. The average molecular weight is 217 g/mol. The zero-order chi connectivity index (χ0) is 11.7. The summed E-state index contributed by atoms with van der Waals surface area (Å²) < 4.78 is 0. The van der Waals surface area contributed by atoms with Gasteiger partial charge in [-0.1, -0.05) is 0 Å². The number of aromatic nitrogens is 3. The number of hydrogen-bond acceptors (Lipinski definition) is 4. The molecule has 0 aliphatic carbocycles. The Balaban J connectivity index is 2.67. The molecule has 2 aromatic rings. The van der Waals surface area contributed by atoms with E-state index in [-0.39, 0.29) is 5.75 Å². The zero-order valence-electron chi connectivity index (χ0n) is 8.98. The summed E-state index contributed by atoms with van der Waals surface area (Å²) in [6.07, 6.45) is 0. The third kappa shape index (κ3) is 1.79. The van der Waals surface area contributed by atoms with Crippen molar-refractivity contribution in [2.45, 2.75) is 13.8 Å². The molecule has 0 aliphatic rings. The third-order valence-corrected chi connectivity index (χ3v) is 2.34. The number of phenols is 1. The van der Waals surface area contributed by atoms with Crippen molar-refractivity contribution in [3.05, 3.63) is 39.9 Å². The Morgan fingerprint density at radius 3 is 2.75 bits per heavy atom. The second-order valence-corrected chi connectivity index (χ2v) is 3.57. The molecule has 0 spiro atoms. The van der Waals surface area contributed by atoms with Crippen LogP contribution in [0.1, 0.15) is 11.3 Å². The van der Waals surface area contributed by atoms with E-state index in [2.05, 4.69) is 15.2 Å². The molecule has 0 amide bonds. The van der Waals surface area contributed by atoms with Gasteiger partial charge < -0.3 is 5.11 Å². The van der Waals surface area contributed by atoms with Crippen LogP contribution in [0.25, 0.3) is 11.3 Å². The van der Waals surface area contributed by atoms with Gasteiger partial charge in [0.25, 0.3) is 0 Å². The first kappa shape index (κ1) is 10.4. The predicted octanol–water partition coefficient (Wildman–Crippen LogP) is 1.15. The minimum absolute atomic E-state index is 0.191. The van der Waals surface area contributed by atoms with Crippen LogP contribution < -0.4 is 5.69 Å². The van der Waals surface area contributed by atoms with E-state index in [0.29, 0.717) is 11.4 Å². The Hall–Kier alpha value is -2.17. The highest BCUT2D eigenvalue weighted by Gasteiger charge is 2.09. The van der Waals surface area contributed by atoms with E-state index in [1.165, 1.54) is 0 Å². The normalized spacial score (nSPS) is 10.4. The molecule has 0 bridgehead atoms. The molecule has 0 saturated carbocycles. The van der Waals surface area contributed by atoms with Crippen LogP contribution in [0.15, 0.2) is 23.0 Å². The van der Waals surface area contributed by atoms with Gasteiger partial charge in [0.15, 0.2) is 0 Å². The van der Waals surface area contributed by atoms with E-state index in [1.54, 1.807) is 25.1 Å². The Morgan fingerprint density at radius 1 is 1.31 bits per heavy atom. The second kappa shape index (κ2) is 3.77. The number of nitrogens with zero attached hydrogens (tertiary/aromatic N) is 2. The molecule has 1 aromatic carbocycles. The average Bonchev–Trinajstić information content (AvgIpc) is 2.22. The first-order valence-corrected chi connectivity index (χ1v) is 4.81. The molecular weight excluding hydrogens is 206 g/mol. The lowest BCUT2D eigenvalue weighted by molar-refractivity contribution is 0.475. The van der Waals surface area contributed by atoms with E-state index >= 15 is 0 Å². The molecule has 0 unspecified atom stereocenters. The first-order chi connectivity index (χ1) is 7.58. The number of aryl methyl sites for hydroxylation is 2. The molecule has 0 aliphatic heterocycles. The van der Waals surface area contributed by atoms with Crippen LogP contribution in [-0.4, -0.2) is 20.3 Å². The highest BCUT2D eigenvalue weighted by molar-refractivity contribution is 5.65. The van der Waals surface area contributed by atoms with Gasteiger partial charge in [-0.3, -0.25) is 0 Å². The summed E-state index contributed by atoms with van der Waals surface area (Å²) in [6, 6.07) is 4.91. The van der Waals surface area contributed by atoms with Crippen LogP contribution >= 0.6 is 0 Å². The van der Waals surface area contributed by atoms with Crippen molar-refractivity contribution in [3.63, 3.8) is 0 Å². The molecule has 0 saturated heterocycles. The van der Waals surface area contributed by atoms with E-state index in [0.717, 1.165) is 11.1 Å². The number of hydrogen-bond donors (Lipinski definition) is 2. The molecule has 5 nitrogen and oxygen atoms in total. The van der Waals surface area contributed by atoms with Gasteiger partial charge in [-0.05, 0) is 37.6 Å². The smallest absolute Gasteiger partial charge is 0.361 e. The number of aromatic hydroxyl groups is 1. The van der Waals surface area contributed by atoms with Gasteiger partial charge in [-0.25, -0.2) is 9.89 Å². The number of aromatic amines is 1. The van der Waals surface area contributed by atoms with Crippen LogP contribution in [0, 0.1) is 13.8 Å². The first-order valence-electron chi connectivity index (χ1n) is 4.81. The summed E-state index contributed by atoms with van der Waals surface area (Å²) in [6.45, 7) is 3.61. The largest absolute Gasteiger partial charge is 0.508 e. The predicted molar refractivity (Wildman–Crippen MR) is 59.2 cm³/mol. The van der Waals surface area contributed by atoms with Crippen LogP contribution in [-0.2, 0) is 0 Å². The Morgan fingerprint density at radius 2 is 2.06 bits per heavy atom. The van der Waals surface area contributed by atoms with Crippen LogP contribution in [0.5, 0.6) is 5.75 Å². The molecular formula is C11H11N3O2. The third-order valence-electron chi connectivity index (χ3n) is 2.34. The summed E-state index contributed by atoms with van der Waals surface area (Å²) in [7, 11) is 0. The van der Waals surface area contributed by atoms with Gasteiger partial charge in [0.1, 0.15) is 5.75 Å². The molecule has 1 aromatic heterocycles. The Bertz CT molecular complexity index is 590. The summed E-state index contributed by atoms with van der Waals surface area (Å²) >= 11 is 0. The number of rotatable bonds is 1. The van der Waals surface area contributed by atoms with E-state index in [1.807, 2.05) is 6.92 Å². The summed E-state index contributed by atoms with van der Waals surface area (Å²) in [5.41, 5.74) is 2.36. The van der Waals surface area contributed by atoms with Gasteiger partial charge in [0, 0.05) is 5.56 Å². The number of nitrogens with one attached hydrogen (secondary N) is 1. The molecule has 5 heteroatoms. The second-order valence-electron chi connectivity index (χ2n) is 3.57. The summed E-state index contributed by atoms with van der Waals surface area (Å²) in [5.74, 6) is 0.191. The van der Waals surface area contributed by atoms with Crippen molar-refractivity contribution in [1.82, 2.24) is 15.2 Å². The standard InChI is InChI=1S/C11H11N3O2/c1-6-5-8(15)3-4-9(6)10-7(2)13-14-11(16)12-10/h3-5,15H,1-2H3,(H,12,14,16). The van der Waals surface area contributed by atoms with Gasteiger partial charge in [-0.15, -0.1) is 0 Å². The Kier molecular flexibility index (Phi) is 2.44. The lowest BCUT2D eigenvalue weighted by Crippen LogP contribution is -2.14. The topological polar surface area (TPSA) is 78.9 Å². The van der Waals surface area contributed by atoms with Gasteiger partial charge >= 0.3 is 5.69 Å². The van der Waals surface area contributed by atoms with Crippen molar-refractivity contribution in [2.75, 3.05) is 0 Å². The van der Waals surface area contributed by atoms with Gasteiger partial charge in [-0.2, -0.15) is 10.1 Å². The monoisotopic (exact) mass is 217 g/mol. The molecule has 1 heterocycles. The van der Waals surface area contributed by atoms with Crippen molar-refractivity contribution in [2.24, 2.45) is 0 Å². The Labute approximate surface area is 91.8 Å². The molecule has 0 atom stereocenters. The summed E-state index contributed by atoms with van der Waals surface area (Å²) in [4.78, 5) is 15.0. The molecule has 2 rings (SSSR count). The molecule has 0 radical (unpaired) electrons. The molecule has 0 fully saturated rings. The highest BCUT2D eigenvalue weighted by Crippen LogP contribution is 2.25. The number of H-pyrrole nitrogens is 1. The van der Waals surface area contributed by atoms with Crippen molar-refractivity contribution in [1.29, 1.82) is 0 Å². The van der Waals surface area contributed by atoms with Crippen molar-refractivity contribution in [3.8, 4) is 17.0 Å². The van der Waals surface area contributed by atoms with Crippen LogP contribution in [0.3, 0.4) is 0 Å². The maximum Gasteiger partial charge on any atom is 0.361 e. The number of benzene rings is 1. The minimum atomic E-state index is -0.479. The fourth-order valence-electron chi connectivity index (χ4n) is 1.56. The minimum Gasteiger partial charge on any atom is -0.508 e. The lowest BCUT2D eigenvalue weighted by atomic mass is 10.0. The SMILES string of the molecule is Cc1cc(O)ccc1-c1nc(=O)[nH]nc1C. The highest BCUT2D eigenvalue weighted by atomic mass is 16.3. The van der Waals surface area contributed by atoms with E-state index < -0.39 is 5.69 Å². The number of phenolic OH excluding ortho intramolecular Hbond substituents is 1. The summed E-state index contributed by atoms with van der Waals surface area (Å²) in [5, 5.41) is 15.4. The molecule has 82 valence electrons. The van der Waals surface area contributed by atoms with Gasteiger partial charge in [0.05, 0.1) is 11.4 Å².